The van der Waals surface area contributed by atoms with Gasteiger partial charge in [-0.2, -0.15) is 0 Å². The van der Waals surface area contributed by atoms with Gasteiger partial charge in [0.25, 0.3) is 0 Å². The van der Waals surface area contributed by atoms with Gasteiger partial charge >= 0.3 is 0 Å². The Bertz CT molecular complexity index is 764. The van der Waals surface area contributed by atoms with Crippen LogP contribution in [-0.2, 0) is 6.42 Å². The molecule has 0 aromatic heterocycles. The molecule has 0 aliphatic rings. The molecule has 2 aromatic rings. The van der Waals surface area contributed by atoms with E-state index in [-0.39, 0.29) is 11.2 Å². The number of phenols is 1. The minimum atomic E-state index is -0.906. The van der Waals surface area contributed by atoms with Gasteiger partial charge in [-0.1, -0.05) is 20.8 Å². The van der Waals surface area contributed by atoms with Crippen LogP contribution in [0.25, 0.3) is 10.8 Å². The quantitative estimate of drug-likeness (QED) is 0.718. The zero-order valence-corrected chi connectivity index (χ0v) is 15.5. The number of hydrogen-bond acceptors (Lipinski definition) is 3. The van der Waals surface area contributed by atoms with Crippen LogP contribution in [0.4, 0.5) is 8.78 Å². The van der Waals surface area contributed by atoms with E-state index in [0.717, 1.165) is 0 Å². The van der Waals surface area contributed by atoms with Crippen molar-refractivity contribution in [1.82, 2.24) is 0 Å². The molecule has 0 fully saturated rings. The topological polar surface area (TPSA) is 40.5 Å². The van der Waals surface area contributed by atoms with E-state index in [1.54, 1.807) is 13.8 Å². The third-order valence-electron chi connectivity index (χ3n) is 4.83. The first-order chi connectivity index (χ1) is 11.0. The molecule has 2 aromatic carbocycles. The van der Waals surface area contributed by atoms with Crippen LogP contribution in [0.15, 0.2) is 23.1 Å². The molecule has 0 aliphatic heterocycles. The maximum absolute atomic E-state index is 14.3. The Kier molecular flexibility index (Phi) is 5.17. The molecule has 0 atom stereocenters. The number of benzene rings is 2. The highest BCUT2D eigenvalue weighted by Crippen LogP contribution is 2.42. The summed E-state index contributed by atoms with van der Waals surface area (Å²) in [5.41, 5.74) is -0.889. The second-order valence-corrected chi connectivity index (χ2v) is 8.26. The summed E-state index contributed by atoms with van der Waals surface area (Å²) < 4.78 is 28.4. The van der Waals surface area contributed by atoms with Crippen molar-refractivity contribution in [3.8, 4) is 5.75 Å². The van der Waals surface area contributed by atoms with Gasteiger partial charge in [0, 0.05) is 26.8 Å². The van der Waals surface area contributed by atoms with Crippen LogP contribution in [0.3, 0.4) is 0 Å². The lowest BCUT2D eigenvalue weighted by Gasteiger charge is -2.37. The van der Waals surface area contributed by atoms with Gasteiger partial charge in [-0.15, -0.1) is 11.8 Å². The molecule has 0 radical (unpaired) electrons. The largest absolute Gasteiger partial charge is 0.505 e. The van der Waals surface area contributed by atoms with Crippen LogP contribution >= 0.6 is 11.8 Å². The summed E-state index contributed by atoms with van der Waals surface area (Å²) in [6.45, 7) is 9.17. The van der Waals surface area contributed by atoms with Gasteiger partial charge in [0.1, 0.15) is 5.82 Å². The van der Waals surface area contributed by atoms with Crippen molar-refractivity contribution in [2.45, 2.75) is 51.5 Å². The van der Waals surface area contributed by atoms with Crippen molar-refractivity contribution in [3.63, 3.8) is 0 Å². The summed E-state index contributed by atoms with van der Waals surface area (Å²) in [6, 6.07) is 3.95. The predicted molar refractivity (Wildman–Crippen MR) is 95.7 cm³/mol. The number of fused-ring (bicyclic) bond motifs is 1. The molecule has 132 valence electrons. The Morgan fingerprint density at radius 3 is 2.29 bits per heavy atom. The lowest BCUT2D eigenvalue weighted by Crippen LogP contribution is -2.40. The van der Waals surface area contributed by atoms with Crippen LogP contribution in [0.5, 0.6) is 5.75 Å². The molecule has 0 unspecified atom stereocenters. The minimum Gasteiger partial charge on any atom is -0.505 e. The first kappa shape index (κ1) is 19.0. The molecule has 0 saturated heterocycles. The predicted octanol–water partition coefficient (Wildman–Crippen LogP) is 5.28. The van der Waals surface area contributed by atoms with Crippen molar-refractivity contribution >= 4 is 22.5 Å². The average molecular weight is 354 g/mol. The summed E-state index contributed by atoms with van der Waals surface area (Å²) in [5, 5.41) is 20.9. The van der Waals surface area contributed by atoms with E-state index >= 15 is 0 Å². The molecular weight excluding hydrogens is 330 g/mol. The van der Waals surface area contributed by atoms with E-state index in [1.807, 2.05) is 20.8 Å². The molecule has 5 heteroatoms. The van der Waals surface area contributed by atoms with Crippen LogP contribution in [0.2, 0.25) is 0 Å². The second-order valence-electron chi connectivity index (χ2n) is 7.24. The zero-order chi connectivity index (χ0) is 18.3. The molecule has 2 N–H and O–H groups in total. The van der Waals surface area contributed by atoms with Gasteiger partial charge in [-0.25, -0.2) is 8.78 Å². The smallest absolute Gasteiger partial charge is 0.172 e. The van der Waals surface area contributed by atoms with Crippen molar-refractivity contribution < 1.29 is 19.0 Å². The normalized spacial score (nSPS) is 12.8. The van der Waals surface area contributed by atoms with Gasteiger partial charge in [0.15, 0.2) is 11.6 Å². The molecule has 24 heavy (non-hydrogen) atoms. The van der Waals surface area contributed by atoms with Gasteiger partial charge in [0.05, 0.1) is 5.60 Å². The zero-order valence-electron chi connectivity index (χ0n) is 14.7. The van der Waals surface area contributed by atoms with E-state index in [2.05, 4.69) is 0 Å². The van der Waals surface area contributed by atoms with Crippen molar-refractivity contribution in [2.24, 2.45) is 5.41 Å². The maximum atomic E-state index is 14.3. The lowest BCUT2D eigenvalue weighted by molar-refractivity contribution is -0.0210. The molecule has 2 nitrogen and oxygen atoms in total. The molecule has 0 aliphatic carbocycles. The number of aliphatic hydroxyl groups is 1. The highest BCUT2D eigenvalue weighted by atomic mass is 32.2. The van der Waals surface area contributed by atoms with Crippen LogP contribution in [0.1, 0.15) is 40.2 Å². The van der Waals surface area contributed by atoms with Gasteiger partial charge < -0.3 is 10.2 Å². The molecular formula is C19H24F2O2S. The highest BCUT2D eigenvalue weighted by molar-refractivity contribution is 7.99. The molecule has 0 spiro atoms. The number of aryl methyl sites for hydroxylation is 1. The number of halogens is 2. The fourth-order valence-corrected chi connectivity index (χ4v) is 3.82. The first-order valence-corrected chi connectivity index (χ1v) is 8.96. The summed E-state index contributed by atoms with van der Waals surface area (Å²) in [4.78, 5) is 0.623. The number of rotatable bonds is 5. The Balaban J connectivity index is 2.58. The second kappa shape index (κ2) is 6.52. The molecule has 0 bridgehead atoms. The highest BCUT2D eigenvalue weighted by Gasteiger charge is 2.35. The Hall–Kier alpha value is -1.33. The summed E-state index contributed by atoms with van der Waals surface area (Å²) in [5.74, 6) is -1.01. The van der Waals surface area contributed by atoms with E-state index in [0.29, 0.717) is 28.0 Å². The third-order valence-corrected chi connectivity index (χ3v) is 6.33. The standard InChI is InChI=1S/C19H24F2O2S/c1-6-11-13(20)8-7-12-16(11)15(9-14(22)17(12)21)24-10-18(2,3)19(4,5)23/h7-9,22-23H,6,10H2,1-5H3. The number of hydrogen-bond donors (Lipinski definition) is 2. The Morgan fingerprint density at radius 1 is 1.12 bits per heavy atom. The van der Waals surface area contributed by atoms with Gasteiger partial charge in [0.2, 0.25) is 0 Å². The van der Waals surface area contributed by atoms with Gasteiger partial charge in [-0.3, -0.25) is 0 Å². The Labute approximate surface area is 145 Å². The van der Waals surface area contributed by atoms with E-state index in [9.17, 15) is 19.0 Å². The minimum absolute atomic E-state index is 0.219. The summed E-state index contributed by atoms with van der Waals surface area (Å²) >= 11 is 1.39. The van der Waals surface area contributed by atoms with E-state index in [1.165, 1.54) is 30.0 Å². The lowest BCUT2D eigenvalue weighted by atomic mass is 9.79. The Morgan fingerprint density at radius 2 is 1.75 bits per heavy atom. The SMILES string of the molecule is CCc1c(F)ccc2c(F)c(O)cc(SCC(C)(C)C(C)(C)O)c12. The fourth-order valence-electron chi connectivity index (χ4n) is 2.38. The number of phenolic OH excluding ortho intramolecular Hbond substituents is 1. The molecule has 0 heterocycles. The summed E-state index contributed by atoms with van der Waals surface area (Å²) in [6.07, 6.45) is 0.426. The van der Waals surface area contributed by atoms with Gasteiger partial charge in [-0.05, 0) is 44.0 Å². The molecule has 0 amide bonds. The number of thioether (sulfide) groups is 1. The third kappa shape index (κ3) is 3.38. The van der Waals surface area contributed by atoms with Crippen LogP contribution in [0, 0.1) is 17.0 Å². The van der Waals surface area contributed by atoms with Crippen molar-refractivity contribution in [1.29, 1.82) is 0 Å². The number of aromatic hydroxyl groups is 1. The van der Waals surface area contributed by atoms with Crippen LogP contribution < -0.4 is 0 Å². The van der Waals surface area contributed by atoms with E-state index in [4.69, 9.17) is 0 Å². The maximum Gasteiger partial charge on any atom is 0.172 e. The van der Waals surface area contributed by atoms with Crippen LogP contribution in [-0.4, -0.2) is 21.6 Å². The average Bonchev–Trinajstić information content (AvgIpc) is 2.48. The summed E-state index contributed by atoms with van der Waals surface area (Å²) in [7, 11) is 0. The van der Waals surface area contributed by atoms with Crippen molar-refractivity contribution in [2.75, 3.05) is 5.75 Å². The monoisotopic (exact) mass is 354 g/mol. The fraction of sp³-hybridized carbons (Fsp3) is 0.474. The molecule has 2 rings (SSSR count). The van der Waals surface area contributed by atoms with E-state index < -0.39 is 22.6 Å². The molecule has 0 saturated carbocycles. The van der Waals surface area contributed by atoms with Crippen molar-refractivity contribution in [3.05, 3.63) is 35.4 Å². The first-order valence-electron chi connectivity index (χ1n) is 7.97.